The first-order valence-corrected chi connectivity index (χ1v) is 5.98. The van der Waals surface area contributed by atoms with E-state index >= 15 is 0 Å². The number of aromatic hydroxyl groups is 1. The summed E-state index contributed by atoms with van der Waals surface area (Å²) in [5.41, 5.74) is 8.58. The number of hydrogen-bond donors (Lipinski definition) is 3. The molecule has 0 aliphatic rings. The normalized spacial score (nSPS) is 10.2. The zero-order valence-corrected chi connectivity index (χ0v) is 10.7. The molecule has 0 unspecified atom stereocenters. The standard InChI is InChI=1S/C15H16N2O2/c1-10-8-13(6-7-14(10)18)17-15(19)9-11-2-4-12(16)5-3-11/h2-8,18H,9,16H2,1H3,(H,17,19). The van der Waals surface area contributed by atoms with Crippen LogP contribution < -0.4 is 11.1 Å². The van der Waals surface area contributed by atoms with Gasteiger partial charge in [0.25, 0.3) is 0 Å². The number of phenolic OH excluding ortho intramolecular Hbond substituents is 1. The Labute approximate surface area is 111 Å². The molecule has 2 rings (SSSR count). The Morgan fingerprint density at radius 3 is 2.53 bits per heavy atom. The van der Waals surface area contributed by atoms with Gasteiger partial charge in [0.2, 0.25) is 5.91 Å². The lowest BCUT2D eigenvalue weighted by atomic mass is 10.1. The van der Waals surface area contributed by atoms with Crippen molar-refractivity contribution in [3.8, 4) is 5.75 Å². The second kappa shape index (κ2) is 5.44. The molecule has 0 saturated carbocycles. The van der Waals surface area contributed by atoms with Crippen LogP contribution in [0.2, 0.25) is 0 Å². The zero-order valence-electron chi connectivity index (χ0n) is 10.7. The lowest BCUT2D eigenvalue weighted by molar-refractivity contribution is -0.115. The van der Waals surface area contributed by atoms with E-state index in [0.29, 0.717) is 17.8 Å². The summed E-state index contributed by atoms with van der Waals surface area (Å²) in [6, 6.07) is 12.2. The minimum Gasteiger partial charge on any atom is -0.508 e. The van der Waals surface area contributed by atoms with Crippen LogP contribution in [0.25, 0.3) is 0 Å². The highest BCUT2D eigenvalue weighted by Crippen LogP contribution is 2.20. The summed E-state index contributed by atoms with van der Waals surface area (Å²) in [6.07, 6.45) is 0.292. The number of phenols is 1. The van der Waals surface area contributed by atoms with Crippen molar-refractivity contribution in [3.05, 3.63) is 53.6 Å². The van der Waals surface area contributed by atoms with Gasteiger partial charge < -0.3 is 16.2 Å². The molecule has 4 heteroatoms. The van der Waals surface area contributed by atoms with Crippen LogP contribution in [0.4, 0.5) is 11.4 Å². The first kappa shape index (κ1) is 13.0. The fourth-order valence-electron chi connectivity index (χ4n) is 1.76. The van der Waals surface area contributed by atoms with E-state index in [9.17, 15) is 9.90 Å². The molecule has 98 valence electrons. The monoisotopic (exact) mass is 256 g/mol. The van der Waals surface area contributed by atoms with Crippen molar-refractivity contribution >= 4 is 17.3 Å². The predicted octanol–water partition coefficient (Wildman–Crippen LogP) is 2.46. The van der Waals surface area contributed by atoms with Crippen molar-refractivity contribution in [2.24, 2.45) is 0 Å². The Morgan fingerprint density at radius 2 is 1.89 bits per heavy atom. The number of carbonyl (C=O) groups excluding carboxylic acids is 1. The minimum atomic E-state index is -0.102. The number of anilines is 2. The van der Waals surface area contributed by atoms with Crippen molar-refractivity contribution < 1.29 is 9.90 Å². The molecule has 0 aromatic heterocycles. The van der Waals surface area contributed by atoms with Crippen molar-refractivity contribution in [2.75, 3.05) is 11.1 Å². The van der Waals surface area contributed by atoms with Crippen molar-refractivity contribution in [1.29, 1.82) is 0 Å². The molecule has 0 saturated heterocycles. The molecule has 0 bridgehead atoms. The number of aryl methyl sites for hydroxylation is 1. The third kappa shape index (κ3) is 3.48. The van der Waals surface area contributed by atoms with Crippen LogP contribution in [-0.2, 0) is 11.2 Å². The summed E-state index contributed by atoms with van der Waals surface area (Å²) < 4.78 is 0. The van der Waals surface area contributed by atoms with Gasteiger partial charge in [-0.3, -0.25) is 4.79 Å². The van der Waals surface area contributed by atoms with Gasteiger partial charge in [-0.1, -0.05) is 12.1 Å². The molecule has 19 heavy (non-hydrogen) atoms. The highest BCUT2D eigenvalue weighted by atomic mass is 16.3. The number of nitrogen functional groups attached to an aromatic ring is 1. The Hall–Kier alpha value is -2.49. The van der Waals surface area contributed by atoms with Crippen molar-refractivity contribution in [3.63, 3.8) is 0 Å². The molecule has 0 fully saturated rings. The largest absolute Gasteiger partial charge is 0.508 e. The van der Waals surface area contributed by atoms with E-state index in [1.165, 1.54) is 0 Å². The van der Waals surface area contributed by atoms with E-state index in [1.54, 1.807) is 37.3 Å². The summed E-state index contributed by atoms with van der Waals surface area (Å²) in [4.78, 5) is 11.9. The minimum absolute atomic E-state index is 0.102. The number of rotatable bonds is 3. The SMILES string of the molecule is Cc1cc(NC(=O)Cc2ccc(N)cc2)ccc1O. The van der Waals surface area contributed by atoms with Crippen molar-refractivity contribution in [2.45, 2.75) is 13.3 Å². The lowest BCUT2D eigenvalue weighted by Gasteiger charge is -2.07. The number of hydrogen-bond acceptors (Lipinski definition) is 3. The molecule has 2 aromatic carbocycles. The van der Waals surface area contributed by atoms with Crippen LogP contribution >= 0.6 is 0 Å². The molecule has 0 atom stereocenters. The van der Waals surface area contributed by atoms with Gasteiger partial charge in [0.05, 0.1) is 6.42 Å². The van der Waals surface area contributed by atoms with E-state index in [1.807, 2.05) is 12.1 Å². The fraction of sp³-hybridized carbons (Fsp3) is 0.133. The molecular formula is C15H16N2O2. The molecule has 0 aliphatic heterocycles. The highest BCUT2D eigenvalue weighted by Gasteiger charge is 2.05. The Balaban J connectivity index is 2.01. The first-order valence-electron chi connectivity index (χ1n) is 5.98. The van der Waals surface area contributed by atoms with Gasteiger partial charge in [0.1, 0.15) is 5.75 Å². The van der Waals surface area contributed by atoms with Gasteiger partial charge in [-0.2, -0.15) is 0 Å². The molecule has 0 aliphatic carbocycles. The third-order valence-corrected chi connectivity index (χ3v) is 2.82. The molecule has 0 spiro atoms. The molecular weight excluding hydrogens is 240 g/mol. The maximum absolute atomic E-state index is 11.9. The third-order valence-electron chi connectivity index (χ3n) is 2.82. The molecule has 0 radical (unpaired) electrons. The summed E-state index contributed by atoms with van der Waals surface area (Å²) in [7, 11) is 0. The van der Waals surface area contributed by atoms with Crippen LogP contribution in [0.15, 0.2) is 42.5 Å². The topological polar surface area (TPSA) is 75.4 Å². The Kier molecular flexibility index (Phi) is 3.71. The van der Waals surface area contributed by atoms with Gasteiger partial charge >= 0.3 is 0 Å². The van der Waals surface area contributed by atoms with Gasteiger partial charge in [-0.05, 0) is 48.4 Å². The summed E-state index contributed by atoms with van der Waals surface area (Å²) in [5, 5.41) is 12.2. The van der Waals surface area contributed by atoms with Gasteiger partial charge in [-0.25, -0.2) is 0 Å². The number of benzene rings is 2. The van der Waals surface area contributed by atoms with Crippen molar-refractivity contribution in [1.82, 2.24) is 0 Å². The second-order valence-electron chi connectivity index (χ2n) is 4.47. The first-order chi connectivity index (χ1) is 9.04. The maximum atomic E-state index is 11.9. The molecule has 2 aromatic rings. The van der Waals surface area contributed by atoms with Crippen LogP contribution in [-0.4, -0.2) is 11.0 Å². The van der Waals surface area contributed by atoms with E-state index in [-0.39, 0.29) is 11.7 Å². The molecule has 4 nitrogen and oxygen atoms in total. The van der Waals surface area contributed by atoms with Gasteiger partial charge in [-0.15, -0.1) is 0 Å². The number of amides is 1. The highest BCUT2D eigenvalue weighted by molar-refractivity contribution is 5.92. The number of nitrogens with one attached hydrogen (secondary N) is 1. The van der Waals surface area contributed by atoms with Crippen LogP contribution in [0.5, 0.6) is 5.75 Å². The molecule has 1 amide bonds. The van der Waals surface area contributed by atoms with Crippen LogP contribution in [0.3, 0.4) is 0 Å². The number of carbonyl (C=O) groups is 1. The Morgan fingerprint density at radius 1 is 1.21 bits per heavy atom. The second-order valence-corrected chi connectivity index (χ2v) is 4.47. The summed E-state index contributed by atoms with van der Waals surface area (Å²) in [5.74, 6) is 0.117. The average Bonchev–Trinajstić information content (AvgIpc) is 2.37. The van der Waals surface area contributed by atoms with E-state index < -0.39 is 0 Å². The molecule has 4 N–H and O–H groups in total. The smallest absolute Gasteiger partial charge is 0.228 e. The molecule has 0 heterocycles. The summed E-state index contributed by atoms with van der Waals surface area (Å²) >= 11 is 0. The summed E-state index contributed by atoms with van der Waals surface area (Å²) in [6.45, 7) is 1.78. The van der Waals surface area contributed by atoms with Gasteiger partial charge in [0.15, 0.2) is 0 Å². The Bertz CT molecular complexity index is 592. The van der Waals surface area contributed by atoms with Crippen LogP contribution in [0.1, 0.15) is 11.1 Å². The fourth-order valence-corrected chi connectivity index (χ4v) is 1.76. The quantitative estimate of drug-likeness (QED) is 0.583. The predicted molar refractivity (Wildman–Crippen MR) is 76.0 cm³/mol. The lowest BCUT2D eigenvalue weighted by Crippen LogP contribution is -2.14. The van der Waals surface area contributed by atoms with Crippen LogP contribution in [0, 0.1) is 6.92 Å². The number of nitrogens with two attached hydrogens (primary N) is 1. The van der Waals surface area contributed by atoms with E-state index in [4.69, 9.17) is 5.73 Å². The van der Waals surface area contributed by atoms with E-state index in [0.717, 1.165) is 11.1 Å². The zero-order chi connectivity index (χ0) is 13.8. The maximum Gasteiger partial charge on any atom is 0.228 e. The average molecular weight is 256 g/mol. The van der Waals surface area contributed by atoms with Gasteiger partial charge in [0, 0.05) is 11.4 Å². The van der Waals surface area contributed by atoms with E-state index in [2.05, 4.69) is 5.32 Å².